The van der Waals surface area contributed by atoms with E-state index in [0.29, 0.717) is 0 Å². The van der Waals surface area contributed by atoms with Crippen LogP contribution in [0.4, 0.5) is 0 Å². The first-order chi connectivity index (χ1) is 9.40. The van der Waals surface area contributed by atoms with Crippen LogP contribution in [0.3, 0.4) is 0 Å². The van der Waals surface area contributed by atoms with Crippen molar-refractivity contribution in [1.29, 1.82) is 0 Å². The van der Waals surface area contributed by atoms with Gasteiger partial charge in [-0.2, -0.15) is 0 Å². The number of hydrogen-bond donors (Lipinski definition) is 2. The molecule has 0 amide bonds. The number of hydrogen-bond acceptors (Lipinski definition) is 5. The van der Waals surface area contributed by atoms with Crippen LogP contribution in [-0.2, 0) is 25.7 Å². The van der Waals surface area contributed by atoms with E-state index >= 15 is 0 Å². The number of carbonyl (C=O) groups excluding carboxylic acids is 1. The molecule has 1 unspecified atom stereocenters. The lowest BCUT2D eigenvalue weighted by atomic mass is 10.1. The Hall–Kier alpha value is -1.53. The van der Waals surface area contributed by atoms with Crippen LogP contribution in [0.2, 0.25) is 0 Å². The third-order valence-electron chi connectivity index (χ3n) is 2.76. The highest BCUT2D eigenvalue weighted by molar-refractivity contribution is 7.80. The molecular weight excluding hydrogens is 280 g/mol. The van der Waals surface area contributed by atoms with Gasteiger partial charge in [-0.25, -0.2) is 4.79 Å². The molecule has 110 valence electrons. The van der Waals surface area contributed by atoms with Gasteiger partial charge in [-0.05, 0) is 12.5 Å². The summed E-state index contributed by atoms with van der Waals surface area (Å²) in [5, 5.41) is 9.24. The smallest absolute Gasteiger partial charge is 0.351 e. The van der Waals surface area contributed by atoms with Crippen molar-refractivity contribution in [2.24, 2.45) is 0 Å². The van der Waals surface area contributed by atoms with Crippen LogP contribution in [0.1, 0.15) is 25.8 Å². The summed E-state index contributed by atoms with van der Waals surface area (Å²) >= 11 is 4.11. The molecule has 6 heteroatoms. The van der Waals surface area contributed by atoms with Gasteiger partial charge in [-0.1, -0.05) is 37.3 Å². The second kappa shape index (κ2) is 7.31. The first-order valence-electron chi connectivity index (χ1n) is 6.19. The van der Waals surface area contributed by atoms with Gasteiger partial charge in [0.25, 0.3) is 0 Å². The van der Waals surface area contributed by atoms with Gasteiger partial charge in [0.05, 0.1) is 6.61 Å². The van der Waals surface area contributed by atoms with Crippen molar-refractivity contribution in [3.05, 3.63) is 35.9 Å². The molecule has 20 heavy (non-hydrogen) atoms. The number of benzene rings is 1. The number of carboxylic acid groups (broad SMARTS) is 1. The van der Waals surface area contributed by atoms with E-state index in [0.717, 1.165) is 5.56 Å². The number of thiol groups is 1. The first kappa shape index (κ1) is 16.5. The molecule has 0 heterocycles. The topological polar surface area (TPSA) is 72.8 Å². The van der Waals surface area contributed by atoms with Crippen LogP contribution >= 0.6 is 12.6 Å². The molecule has 0 aliphatic rings. The van der Waals surface area contributed by atoms with Gasteiger partial charge < -0.3 is 14.6 Å². The van der Waals surface area contributed by atoms with E-state index in [1.165, 1.54) is 6.92 Å². The third-order valence-corrected chi connectivity index (χ3v) is 3.40. The predicted octanol–water partition coefficient (Wildman–Crippen LogP) is 2.26. The van der Waals surface area contributed by atoms with Gasteiger partial charge in [-0.3, -0.25) is 4.79 Å². The normalized spacial score (nSPS) is 15.2. The molecule has 0 fully saturated rings. The quantitative estimate of drug-likeness (QED) is 0.459. The number of esters is 1. The molecule has 5 nitrogen and oxygen atoms in total. The Morgan fingerprint density at radius 1 is 1.35 bits per heavy atom. The molecule has 1 N–H and O–H groups in total. The highest BCUT2D eigenvalue weighted by atomic mass is 32.1. The molecule has 1 aromatic rings. The number of carbonyl (C=O) groups is 2. The Bertz CT molecular complexity index is 462. The second-order valence-electron chi connectivity index (χ2n) is 4.39. The van der Waals surface area contributed by atoms with E-state index < -0.39 is 23.0 Å². The van der Waals surface area contributed by atoms with Crippen molar-refractivity contribution in [2.45, 2.75) is 37.9 Å². The molecular formula is C14H18O5S. The summed E-state index contributed by atoms with van der Waals surface area (Å²) in [5.41, 5.74) is -2.03. The van der Waals surface area contributed by atoms with Crippen LogP contribution in [0.25, 0.3) is 0 Å². The summed E-state index contributed by atoms with van der Waals surface area (Å²) in [7, 11) is 0. The minimum Gasteiger partial charge on any atom is -0.478 e. The van der Waals surface area contributed by atoms with E-state index in [9.17, 15) is 14.7 Å². The fourth-order valence-electron chi connectivity index (χ4n) is 1.42. The molecule has 0 aliphatic carbocycles. The SMILES string of the molecule is CCC(=O)O[C@@](C)(C(=O)O)C(S)OCc1ccccc1. The monoisotopic (exact) mass is 298 g/mol. The average Bonchev–Trinajstić information content (AvgIpc) is 2.45. The second-order valence-corrected chi connectivity index (χ2v) is 4.86. The Morgan fingerprint density at radius 2 is 1.95 bits per heavy atom. The average molecular weight is 298 g/mol. The summed E-state index contributed by atoms with van der Waals surface area (Å²) in [6.07, 6.45) is 0.0854. The van der Waals surface area contributed by atoms with Gasteiger partial charge in [0, 0.05) is 6.42 Å². The molecule has 0 spiro atoms. The maximum atomic E-state index is 11.3. The van der Waals surface area contributed by atoms with Crippen molar-refractivity contribution >= 4 is 24.6 Å². The molecule has 0 saturated heterocycles. The Balaban J connectivity index is 2.71. The maximum Gasteiger partial charge on any atom is 0.351 e. The zero-order valence-electron chi connectivity index (χ0n) is 11.4. The van der Waals surface area contributed by atoms with Gasteiger partial charge in [0.1, 0.15) is 0 Å². The Morgan fingerprint density at radius 3 is 2.45 bits per heavy atom. The van der Waals surface area contributed by atoms with Crippen molar-refractivity contribution in [3.8, 4) is 0 Å². The maximum absolute atomic E-state index is 11.3. The summed E-state index contributed by atoms with van der Waals surface area (Å²) in [4.78, 5) is 22.7. The number of aliphatic carboxylic acids is 1. The van der Waals surface area contributed by atoms with Crippen LogP contribution in [0, 0.1) is 0 Å². The van der Waals surface area contributed by atoms with E-state index in [2.05, 4.69) is 12.6 Å². The number of rotatable bonds is 7. The lowest BCUT2D eigenvalue weighted by molar-refractivity contribution is -0.186. The summed E-state index contributed by atoms with van der Waals surface area (Å²) in [6.45, 7) is 3.04. The zero-order chi connectivity index (χ0) is 15.2. The van der Waals surface area contributed by atoms with Gasteiger partial charge >= 0.3 is 11.9 Å². The van der Waals surface area contributed by atoms with Gasteiger partial charge in [0.15, 0.2) is 5.44 Å². The van der Waals surface area contributed by atoms with Crippen molar-refractivity contribution < 1.29 is 24.2 Å². The van der Waals surface area contributed by atoms with Crippen LogP contribution in [0.15, 0.2) is 30.3 Å². The lowest BCUT2D eigenvalue weighted by Crippen LogP contribution is -2.49. The van der Waals surface area contributed by atoms with Crippen LogP contribution in [0.5, 0.6) is 0 Å². The summed E-state index contributed by atoms with van der Waals surface area (Å²) in [6, 6.07) is 9.25. The standard InChI is InChI=1S/C14H18O5S/c1-3-11(15)19-14(2,12(16)17)13(20)18-9-10-7-5-4-6-8-10/h4-8,13,20H,3,9H2,1-2H3,(H,16,17)/t13?,14-/m0/s1. The Kier molecular flexibility index (Phi) is 6.04. The molecule has 0 saturated carbocycles. The zero-order valence-corrected chi connectivity index (χ0v) is 12.3. The third kappa shape index (κ3) is 4.25. The minimum atomic E-state index is -1.83. The van der Waals surface area contributed by atoms with E-state index in [1.807, 2.05) is 30.3 Å². The minimum absolute atomic E-state index is 0.0854. The summed E-state index contributed by atoms with van der Waals surface area (Å²) < 4.78 is 10.4. The molecule has 1 rings (SSSR count). The van der Waals surface area contributed by atoms with Gasteiger partial charge in [0.2, 0.25) is 5.60 Å². The number of carboxylic acids is 1. The van der Waals surface area contributed by atoms with E-state index in [1.54, 1.807) is 6.92 Å². The fourth-order valence-corrected chi connectivity index (χ4v) is 1.65. The van der Waals surface area contributed by atoms with Crippen molar-refractivity contribution in [3.63, 3.8) is 0 Å². The van der Waals surface area contributed by atoms with Crippen LogP contribution in [-0.4, -0.2) is 28.1 Å². The highest BCUT2D eigenvalue weighted by Crippen LogP contribution is 2.24. The number of ether oxygens (including phenoxy) is 2. The molecule has 0 radical (unpaired) electrons. The van der Waals surface area contributed by atoms with Crippen molar-refractivity contribution in [2.75, 3.05) is 0 Å². The predicted molar refractivity (Wildman–Crippen MR) is 76.4 cm³/mol. The first-order valence-corrected chi connectivity index (χ1v) is 6.70. The summed E-state index contributed by atoms with van der Waals surface area (Å²) in [5.74, 6) is -1.91. The Labute approximate surface area is 123 Å². The van der Waals surface area contributed by atoms with Gasteiger partial charge in [-0.15, -0.1) is 12.6 Å². The van der Waals surface area contributed by atoms with E-state index in [-0.39, 0.29) is 13.0 Å². The molecule has 0 aliphatic heterocycles. The van der Waals surface area contributed by atoms with E-state index in [4.69, 9.17) is 9.47 Å². The molecule has 1 aromatic carbocycles. The highest BCUT2D eigenvalue weighted by Gasteiger charge is 2.44. The molecule has 2 atom stereocenters. The van der Waals surface area contributed by atoms with Crippen LogP contribution < -0.4 is 0 Å². The lowest BCUT2D eigenvalue weighted by Gasteiger charge is -2.30. The fraction of sp³-hybridized carbons (Fsp3) is 0.429. The molecule has 0 aromatic heterocycles. The molecule has 0 bridgehead atoms. The largest absolute Gasteiger partial charge is 0.478 e. The van der Waals surface area contributed by atoms with Crippen molar-refractivity contribution in [1.82, 2.24) is 0 Å².